The Morgan fingerprint density at radius 3 is 2.56 bits per heavy atom. The van der Waals surface area contributed by atoms with Crippen molar-refractivity contribution in [2.24, 2.45) is 0 Å². The molecule has 2 aromatic rings. The van der Waals surface area contributed by atoms with Gasteiger partial charge in [0.25, 0.3) is 10.0 Å². The van der Waals surface area contributed by atoms with Crippen molar-refractivity contribution in [3.8, 4) is 5.75 Å². The summed E-state index contributed by atoms with van der Waals surface area (Å²) in [4.78, 5) is 11.0. The van der Waals surface area contributed by atoms with Gasteiger partial charge in [0.2, 0.25) is 0 Å². The third kappa shape index (κ3) is 5.83. The van der Waals surface area contributed by atoms with Gasteiger partial charge in [-0.1, -0.05) is 34.7 Å². The summed E-state index contributed by atoms with van der Waals surface area (Å²) in [6.45, 7) is 3.92. The summed E-state index contributed by atoms with van der Waals surface area (Å²) in [7, 11) is -3.86. The number of ether oxygens (including phenoxy) is 1. The van der Waals surface area contributed by atoms with E-state index in [9.17, 15) is 13.2 Å². The van der Waals surface area contributed by atoms with E-state index in [-0.39, 0.29) is 24.3 Å². The number of nitrogens with zero attached hydrogens (tertiary/aromatic N) is 1. The average molecular weight is 454 g/mol. The number of carboxylic acids is 1. The quantitative estimate of drug-likeness (QED) is 0.547. The molecule has 0 radical (unpaired) electrons. The van der Waals surface area contributed by atoms with E-state index in [1.165, 1.54) is 16.4 Å². The maximum Gasteiger partial charge on any atom is 0.303 e. The minimum Gasteiger partial charge on any atom is -0.489 e. The molecule has 0 saturated carbocycles. The first-order valence-corrected chi connectivity index (χ1v) is 10.4. The largest absolute Gasteiger partial charge is 0.489 e. The van der Waals surface area contributed by atoms with Crippen LogP contribution in [0.2, 0.25) is 0 Å². The highest BCUT2D eigenvalue weighted by atomic mass is 79.9. The van der Waals surface area contributed by atoms with Crippen LogP contribution in [0.4, 0.5) is 5.69 Å². The molecule has 0 amide bonds. The fourth-order valence-electron chi connectivity index (χ4n) is 2.38. The lowest BCUT2D eigenvalue weighted by molar-refractivity contribution is -0.137. The molecule has 1 N–H and O–H groups in total. The second-order valence-corrected chi connectivity index (χ2v) is 8.40. The van der Waals surface area contributed by atoms with Crippen LogP contribution in [0.1, 0.15) is 12.8 Å². The van der Waals surface area contributed by atoms with E-state index in [1.807, 2.05) is 0 Å². The summed E-state index contributed by atoms with van der Waals surface area (Å²) in [6.07, 6.45) is 1.65. The van der Waals surface area contributed by atoms with Crippen LogP contribution in [-0.4, -0.2) is 32.6 Å². The van der Waals surface area contributed by atoms with Gasteiger partial charge in [0.1, 0.15) is 12.4 Å². The minimum absolute atomic E-state index is 0.0373. The molecule has 6 nitrogen and oxygen atoms in total. The highest BCUT2D eigenvalue weighted by Gasteiger charge is 2.25. The summed E-state index contributed by atoms with van der Waals surface area (Å²) in [5.41, 5.74) is 0.407. The Labute approximate surface area is 167 Å². The van der Waals surface area contributed by atoms with Gasteiger partial charge >= 0.3 is 5.97 Å². The first-order valence-electron chi connectivity index (χ1n) is 8.18. The number of carboxylic acid groups (broad SMARTS) is 1. The van der Waals surface area contributed by atoms with Gasteiger partial charge in [0, 0.05) is 23.5 Å². The standard InChI is InChI=1S/C19H20BrNO5S/c1-2-13-26-17-6-3-5-16(14-17)21(12-4-7-19(22)23)27(24,25)18-10-8-15(20)9-11-18/h2-3,5-6,8-11,14H,1,4,7,12-13H2,(H,22,23). The fraction of sp³-hybridized carbons (Fsp3) is 0.211. The molecule has 27 heavy (non-hydrogen) atoms. The predicted molar refractivity (Wildman–Crippen MR) is 108 cm³/mol. The fourth-order valence-corrected chi connectivity index (χ4v) is 4.14. The molecule has 2 aromatic carbocycles. The summed E-state index contributed by atoms with van der Waals surface area (Å²) in [5.74, 6) is -0.472. The van der Waals surface area contributed by atoms with Gasteiger partial charge in [0.05, 0.1) is 10.6 Å². The maximum atomic E-state index is 13.2. The molecule has 144 valence electrons. The highest BCUT2D eigenvalue weighted by molar-refractivity contribution is 9.10. The Morgan fingerprint density at radius 1 is 1.22 bits per heavy atom. The first-order chi connectivity index (χ1) is 12.8. The van der Waals surface area contributed by atoms with E-state index in [2.05, 4.69) is 22.5 Å². The summed E-state index contributed by atoms with van der Waals surface area (Å²) >= 11 is 3.29. The number of hydrogen-bond acceptors (Lipinski definition) is 4. The van der Waals surface area contributed by atoms with E-state index >= 15 is 0 Å². The van der Waals surface area contributed by atoms with Crippen molar-refractivity contribution in [3.63, 3.8) is 0 Å². The van der Waals surface area contributed by atoms with Crippen molar-refractivity contribution >= 4 is 37.6 Å². The summed E-state index contributed by atoms with van der Waals surface area (Å²) in [6, 6.07) is 13.0. The van der Waals surface area contributed by atoms with Crippen LogP contribution in [0, 0.1) is 0 Å². The molecule has 0 saturated heterocycles. The maximum absolute atomic E-state index is 13.2. The lowest BCUT2D eigenvalue weighted by Gasteiger charge is -2.25. The van der Waals surface area contributed by atoms with Crippen LogP contribution < -0.4 is 9.04 Å². The molecule has 8 heteroatoms. The third-order valence-electron chi connectivity index (χ3n) is 3.63. The van der Waals surface area contributed by atoms with E-state index in [0.29, 0.717) is 18.0 Å². The number of benzene rings is 2. The van der Waals surface area contributed by atoms with Crippen LogP contribution in [0.15, 0.2) is 70.6 Å². The molecule has 0 aliphatic heterocycles. The molecule has 0 atom stereocenters. The topological polar surface area (TPSA) is 83.9 Å². The third-order valence-corrected chi connectivity index (χ3v) is 6.00. The molecule has 0 aromatic heterocycles. The first kappa shape index (κ1) is 21.0. The normalized spacial score (nSPS) is 11.0. The second kappa shape index (κ2) is 9.57. The molecular weight excluding hydrogens is 434 g/mol. The van der Waals surface area contributed by atoms with Crippen molar-refractivity contribution in [3.05, 3.63) is 65.7 Å². The zero-order valence-corrected chi connectivity index (χ0v) is 16.9. The van der Waals surface area contributed by atoms with Crippen LogP contribution in [-0.2, 0) is 14.8 Å². The number of halogens is 1. The average Bonchev–Trinajstić information content (AvgIpc) is 2.63. The minimum atomic E-state index is -3.86. The van der Waals surface area contributed by atoms with Gasteiger partial charge in [0.15, 0.2) is 0 Å². The molecule has 0 fully saturated rings. The zero-order valence-electron chi connectivity index (χ0n) is 14.5. The van der Waals surface area contributed by atoms with Gasteiger partial charge in [-0.25, -0.2) is 8.42 Å². The van der Waals surface area contributed by atoms with E-state index in [0.717, 1.165) is 4.47 Å². The summed E-state index contributed by atoms with van der Waals surface area (Å²) < 4.78 is 33.8. The second-order valence-electron chi connectivity index (χ2n) is 5.63. The van der Waals surface area contributed by atoms with Gasteiger partial charge in [-0.05, 0) is 42.8 Å². The van der Waals surface area contributed by atoms with E-state index < -0.39 is 16.0 Å². The van der Waals surface area contributed by atoms with Crippen molar-refractivity contribution in [1.29, 1.82) is 0 Å². The smallest absolute Gasteiger partial charge is 0.303 e. The number of sulfonamides is 1. The Bertz CT molecular complexity index is 897. The van der Waals surface area contributed by atoms with Crippen LogP contribution in [0.5, 0.6) is 5.75 Å². The zero-order chi connectivity index (χ0) is 19.9. The number of carbonyl (C=O) groups is 1. The number of rotatable bonds is 10. The van der Waals surface area contributed by atoms with Crippen LogP contribution in [0.3, 0.4) is 0 Å². The van der Waals surface area contributed by atoms with Gasteiger partial charge in [-0.15, -0.1) is 0 Å². The number of anilines is 1. The Balaban J connectivity index is 2.39. The SMILES string of the molecule is C=CCOc1cccc(N(CCCC(=O)O)S(=O)(=O)c2ccc(Br)cc2)c1. The molecule has 0 unspecified atom stereocenters. The Morgan fingerprint density at radius 2 is 1.93 bits per heavy atom. The lowest BCUT2D eigenvalue weighted by Crippen LogP contribution is -2.32. The number of aliphatic carboxylic acids is 1. The molecule has 0 spiro atoms. The van der Waals surface area contributed by atoms with Crippen molar-refractivity contribution < 1.29 is 23.1 Å². The molecular formula is C19H20BrNO5S. The van der Waals surface area contributed by atoms with Gasteiger partial charge in [-0.2, -0.15) is 0 Å². The monoisotopic (exact) mass is 453 g/mol. The molecule has 0 heterocycles. The lowest BCUT2D eigenvalue weighted by atomic mass is 10.2. The van der Waals surface area contributed by atoms with E-state index in [4.69, 9.17) is 9.84 Å². The predicted octanol–water partition coefficient (Wildman–Crippen LogP) is 4.07. The Kier molecular flexibility index (Phi) is 7.44. The number of hydrogen-bond donors (Lipinski definition) is 1. The van der Waals surface area contributed by atoms with Gasteiger partial charge < -0.3 is 9.84 Å². The van der Waals surface area contributed by atoms with Crippen LogP contribution >= 0.6 is 15.9 Å². The van der Waals surface area contributed by atoms with Crippen molar-refractivity contribution in [2.45, 2.75) is 17.7 Å². The van der Waals surface area contributed by atoms with Gasteiger partial charge in [-0.3, -0.25) is 9.10 Å². The molecule has 0 aliphatic carbocycles. The Hall–Kier alpha value is -2.32. The van der Waals surface area contributed by atoms with Crippen molar-refractivity contribution in [2.75, 3.05) is 17.5 Å². The van der Waals surface area contributed by atoms with E-state index in [1.54, 1.807) is 42.5 Å². The van der Waals surface area contributed by atoms with Crippen LogP contribution in [0.25, 0.3) is 0 Å². The molecule has 0 aliphatic rings. The summed E-state index contributed by atoms with van der Waals surface area (Å²) in [5, 5.41) is 8.89. The molecule has 2 rings (SSSR count). The highest BCUT2D eigenvalue weighted by Crippen LogP contribution is 2.28. The van der Waals surface area contributed by atoms with Crippen molar-refractivity contribution in [1.82, 2.24) is 0 Å². The molecule has 0 bridgehead atoms.